The molecule has 2 rings (SSSR count). The van der Waals surface area contributed by atoms with E-state index in [-0.39, 0.29) is 18.9 Å². The number of carbonyl (C=O) groups is 2. The molecule has 6 heteroatoms. The molecule has 0 bridgehead atoms. The number of amides is 2. The van der Waals surface area contributed by atoms with E-state index in [9.17, 15) is 9.59 Å². The minimum absolute atomic E-state index is 0.137. The van der Waals surface area contributed by atoms with Gasteiger partial charge in [0, 0.05) is 0 Å². The molecule has 0 unspecified atom stereocenters. The van der Waals surface area contributed by atoms with Crippen LogP contribution in [0.2, 0.25) is 0 Å². The molecule has 0 saturated heterocycles. The lowest BCUT2D eigenvalue weighted by Crippen LogP contribution is -2.42. The van der Waals surface area contributed by atoms with Crippen LogP contribution in [0.3, 0.4) is 0 Å². The molecule has 0 aliphatic carbocycles. The van der Waals surface area contributed by atoms with Gasteiger partial charge in [0.05, 0.1) is 24.9 Å². The van der Waals surface area contributed by atoms with Crippen LogP contribution >= 0.6 is 0 Å². The standard InChI is InChI=1S/C16H18N2O4/c1-11-3-5-13(6-4-11)22-10-8-15(19)17-18-16(20)14-7-9-21-12(14)2/h3-7,9H,8,10H2,1-2H3,(H,17,19)(H,18,20). The number of ether oxygens (including phenoxy) is 1. The maximum Gasteiger partial charge on any atom is 0.273 e. The lowest BCUT2D eigenvalue weighted by Gasteiger charge is -2.08. The van der Waals surface area contributed by atoms with E-state index in [0.29, 0.717) is 17.1 Å². The molecule has 2 amide bonds. The average Bonchev–Trinajstić information content (AvgIpc) is 2.93. The van der Waals surface area contributed by atoms with E-state index in [1.54, 1.807) is 6.92 Å². The predicted molar refractivity (Wildman–Crippen MR) is 80.3 cm³/mol. The highest BCUT2D eigenvalue weighted by Gasteiger charge is 2.12. The summed E-state index contributed by atoms with van der Waals surface area (Å²) in [5.74, 6) is 0.451. The van der Waals surface area contributed by atoms with Crippen molar-refractivity contribution in [3.63, 3.8) is 0 Å². The number of carbonyl (C=O) groups excluding carboxylic acids is 2. The maximum atomic E-state index is 11.7. The topological polar surface area (TPSA) is 80.6 Å². The van der Waals surface area contributed by atoms with Gasteiger partial charge in [-0.3, -0.25) is 20.4 Å². The highest BCUT2D eigenvalue weighted by Crippen LogP contribution is 2.11. The van der Waals surface area contributed by atoms with E-state index in [0.717, 1.165) is 5.56 Å². The van der Waals surface area contributed by atoms with Gasteiger partial charge in [0.25, 0.3) is 5.91 Å². The van der Waals surface area contributed by atoms with Crippen LogP contribution in [0.5, 0.6) is 5.75 Å². The van der Waals surface area contributed by atoms with Gasteiger partial charge in [0.1, 0.15) is 11.5 Å². The van der Waals surface area contributed by atoms with Gasteiger partial charge in [-0.1, -0.05) is 17.7 Å². The summed E-state index contributed by atoms with van der Waals surface area (Å²) < 4.78 is 10.5. The van der Waals surface area contributed by atoms with Crippen molar-refractivity contribution in [3.8, 4) is 5.75 Å². The third-order valence-electron chi connectivity index (χ3n) is 3.04. The summed E-state index contributed by atoms with van der Waals surface area (Å²) >= 11 is 0. The van der Waals surface area contributed by atoms with Crippen molar-refractivity contribution in [2.45, 2.75) is 20.3 Å². The zero-order valence-electron chi connectivity index (χ0n) is 12.5. The molecule has 0 radical (unpaired) electrons. The Hall–Kier alpha value is -2.76. The Bertz CT molecular complexity index is 646. The van der Waals surface area contributed by atoms with Crippen molar-refractivity contribution in [2.75, 3.05) is 6.61 Å². The molecule has 116 valence electrons. The molecular formula is C16H18N2O4. The van der Waals surface area contributed by atoms with E-state index in [1.807, 2.05) is 31.2 Å². The molecule has 0 saturated carbocycles. The Kier molecular flexibility index (Phi) is 5.19. The molecule has 0 fully saturated rings. The largest absolute Gasteiger partial charge is 0.493 e. The summed E-state index contributed by atoms with van der Waals surface area (Å²) in [5, 5.41) is 0. The van der Waals surface area contributed by atoms with E-state index in [1.165, 1.54) is 12.3 Å². The quantitative estimate of drug-likeness (QED) is 0.829. The number of hydrogen-bond acceptors (Lipinski definition) is 4. The van der Waals surface area contributed by atoms with Crippen LogP contribution in [0, 0.1) is 13.8 Å². The van der Waals surface area contributed by atoms with Crippen molar-refractivity contribution in [2.24, 2.45) is 0 Å². The Balaban J connectivity index is 1.69. The normalized spacial score (nSPS) is 10.1. The lowest BCUT2D eigenvalue weighted by molar-refractivity contribution is -0.122. The average molecular weight is 302 g/mol. The monoisotopic (exact) mass is 302 g/mol. The number of hydrogen-bond donors (Lipinski definition) is 2. The van der Waals surface area contributed by atoms with Gasteiger partial charge in [-0.15, -0.1) is 0 Å². The zero-order chi connectivity index (χ0) is 15.9. The Labute approximate surface area is 128 Å². The Morgan fingerprint density at radius 3 is 2.45 bits per heavy atom. The highest BCUT2D eigenvalue weighted by molar-refractivity contribution is 5.96. The van der Waals surface area contributed by atoms with Crippen LogP contribution in [-0.2, 0) is 4.79 Å². The number of rotatable bonds is 5. The number of hydrazine groups is 1. The van der Waals surface area contributed by atoms with Gasteiger partial charge in [0.15, 0.2) is 0 Å². The van der Waals surface area contributed by atoms with Crippen molar-refractivity contribution in [1.29, 1.82) is 0 Å². The molecule has 0 spiro atoms. The van der Waals surface area contributed by atoms with Gasteiger partial charge < -0.3 is 9.15 Å². The van der Waals surface area contributed by atoms with Crippen LogP contribution in [0.4, 0.5) is 0 Å². The first-order valence-electron chi connectivity index (χ1n) is 6.89. The van der Waals surface area contributed by atoms with Crippen molar-refractivity contribution < 1.29 is 18.7 Å². The minimum atomic E-state index is -0.418. The van der Waals surface area contributed by atoms with E-state index < -0.39 is 5.91 Å². The first kappa shape index (κ1) is 15.6. The third-order valence-corrected chi connectivity index (χ3v) is 3.04. The predicted octanol–water partition coefficient (Wildman–Crippen LogP) is 2.13. The van der Waals surface area contributed by atoms with Gasteiger partial charge in [-0.25, -0.2) is 0 Å². The van der Waals surface area contributed by atoms with Crippen molar-refractivity contribution in [3.05, 3.63) is 53.5 Å². The summed E-state index contributed by atoms with van der Waals surface area (Å²) in [7, 11) is 0. The highest BCUT2D eigenvalue weighted by atomic mass is 16.5. The van der Waals surface area contributed by atoms with Gasteiger partial charge >= 0.3 is 0 Å². The molecule has 1 aromatic heterocycles. The minimum Gasteiger partial charge on any atom is -0.493 e. The molecular weight excluding hydrogens is 284 g/mol. The van der Waals surface area contributed by atoms with Crippen LogP contribution < -0.4 is 15.6 Å². The number of benzene rings is 1. The smallest absolute Gasteiger partial charge is 0.273 e. The molecule has 0 aliphatic heterocycles. The molecule has 0 aliphatic rings. The lowest BCUT2D eigenvalue weighted by atomic mass is 10.2. The fourth-order valence-electron chi connectivity index (χ4n) is 1.77. The van der Waals surface area contributed by atoms with Gasteiger partial charge in [-0.05, 0) is 32.0 Å². The number of furan rings is 1. The van der Waals surface area contributed by atoms with Crippen molar-refractivity contribution >= 4 is 11.8 Å². The van der Waals surface area contributed by atoms with Crippen LogP contribution in [0.15, 0.2) is 41.0 Å². The number of nitrogens with one attached hydrogen (secondary N) is 2. The maximum absolute atomic E-state index is 11.7. The molecule has 0 atom stereocenters. The molecule has 22 heavy (non-hydrogen) atoms. The SMILES string of the molecule is Cc1ccc(OCCC(=O)NNC(=O)c2ccoc2C)cc1. The molecule has 2 N–H and O–H groups in total. The molecule has 1 aromatic carbocycles. The third kappa shape index (κ3) is 4.37. The Morgan fingerprint density at radius 2 is 1.82 bits per heavy atom. The van der Waals surface area contributed by atoms with Crippen LogP contribution in [0.25, 0.3) is 0 Å². The summed E-state index contributed by atoms with van der Waals surface area (Å²) in [6.07, 6.45) is 1.56. The fraction of sp³-hybridized carbons (Fsp3) is 0.250. The second-order valence-corrected chi connectivity index (χ2v) is 4.80. The summed E-state index contributed by atoms with van der Waals surface area (Å²) in [6, 6.07) is 9.09. The van der Waals surface area contributed by atoms with E-state index in [2.05, 4.69) is 10.9 Å². The van der Waals surface area contributed by atoms with Crippen LogP contribution in [-0.4, -0.2) is 18.4 Å². The van der Waals surface area contributed by atoms with E-state index in [4.69, 9.17) is 9.15 Å². The second-order valence-electron chi connectivity index (χ2n) is 4.80. The van der Waals surface area contributed by atoms with Gasteiger partial charge in [0.2, 0.25) is 5.91 Å². The summed E-state index contributed by atoms with van der Waals surface area (Å²) in [6.45, 7) is 3.89. The summed E-state index contributed by atoms with van der Waals surface area (Å²) in [5.41, 5.74) is 6.19. The summed E-state index contributed by atoms with van der Waals surface area (Å²) in [4.78, 5) is 23.4. The molecule has 1 heterocycles. The fourth-order valence-corrected chi connectivity index (χ4v) is 1.77. The molecule has 6 nitrogen and oxygen atoms in total. The Morgan fingerprint density at radius 1 is 1.09 bits per heavy atom. The number of aryl methyl sites for hydroxylation is 2. The van der Waals surface area contributed by atoms with Gasteiger partial charge in [-0.2, -0.15) is 0 Å². The molecule has 2 aromatic rings. The van der Waals surface area contributed by atoms with E-state index >= 15 is 0 Å². The first-order valence-corrected chi connectivity index (χ1v) is 6.89. The zero-order valence-corrected chi connectivity index (χ0v) is 12.5. The first-order chi connectivity index (χ1) is 10.6. The van der Waals surface area contributed by atoms with Crippen LogP contribution in [0.1, 0.15) is 28.1 Å². The van der Waals surface area contributed by atoms with Crippen molar-refractivity contribution in [1.82, 2.24) is 10.9 Å². The second kappa shape index (κ2) is 7.31.